The Morgan fingerprint density at radius 2 is 2.04 bits per heavy atom. The number of aliphatic imine (C=N–C) groups is 1. The van der Waals surface area contributed by atoms with Crippen molar-refractivity contribution in [3.8, 4) is 0 Å². The minimum absolute atomic E-state index is 0.0313. The number of hydrogen-bond donors (Lipinski definition) is 1. The second kappa shape index (κ2) is 8.21. The largest absolute Gasteiger partial charge is 0.381 e. The van der Waals surface area contributed by atoms with E-state index in [4.69, 9.17) is 21.3 Å². The van der Waals surface area contributed by atoms with Gasteiger partial charge in [-0.3, -0.25) is 4.99 Å². The molecule has 1 N–H and O–H groups in total. The van der Waals surface area contributed by atoms with Crippen LogP contribution in [0.2, 0.25) is 5.02 Å². The van der Waals surface area contributed by atoms with Crippen molar-refractivity contribution in [3.63, 3.8) is 0 Å². The van der Waals surface area contributed by atoms with Gasteiger partial charge in [0.2, 0.25) is 0 Å². The van der Waals surface area contributed by atoms with Crippen LogP contribution in [0.5, 0.6) is 0 Å². The van der Waals surface area contributed by atoms with Gasteiger partial charge < -0.3 is 15.0 Å². The first-order valence-electron chi connectivity index (χ1n) is 9.10. The fraction of sp³-hybridized carbons (Fsp3) is 0.632. The molecule has 4 nitrogen and oxygen atoms in total. The van der Waals surface area contributed by atoms with Crippen molar-refractivity contribution < 1.29 is 4.74 Å². The van der Waals surface area contributed by atoms with Crippen molar-refractivity contribution in [2.45, 2.75) is 38.0 Å². The first-order chi connectivity index (χ1) is 11.7. The maximum absolute atomic E-state index is 6.25. The summed E-state index contributed by atoms with van der Waals surface area (Å²) in [5, 5.41) is 4.26. The van der Waals surface area contributed by atoms with E-state index in [0.29, 0.717) is 0 Å². The number of likely N-dealkylation sites (tertiary alicyclic amines) is 1. The molecule has 0 spiro atoms. The molecule has 0 unspecified atom stereocenters. The van der Waals surface area contributed by atoms with Crippen LogP contribution in [0.4, 0.5) is 0 Å². The van der Waals surface area contributed by atoms with Crippen LogP contribution in [0, 0.1) is 0 Å². The molecule has 0 bridgehead atoms. The molecule has 3 rings (SSSR count). The molecule has 2 aliphatic rings. The minimum Gasteiger partial charge on any atom is -0.381 e. The van der Waals surface area contributed by atoms with Crippen LogP contribution >= 0.6 is 11.6 Å². The van der Waals surface area contributed by atoms with E-state index in [0.717, 1.165) is 63.2 Å². The van der Waals surface area contributed by atoms with Crippen molar-refractivity contribution in [2.24, 2.45) is 4.99 Å². The summed E-state index contributed by atoms with van der Waals surface area (Å²) in [6, 6.07) is 8.28. The van der Waals surface area contributed by atoms with Crippen LogP contribution in [-0.2, 0) is 10.2 Å². The number of guanidine groups is 1. The number of benzene rings is 1. The molecule has 2 heterocycles. The fourth-order valence-electron chi connectivity index (χ4n) is 3.70. The van der Waals surface area contributed by atoms with E-state index in [1.54, 1.807) is 0 Å². The van der Waals surface area contributed by atoms with Gasteiger partial charge in [0.15, 0.2) is 5.96 Å². The Bertz CT molecular complexity index is 563. The lowest BCUT2D eigenvalue weighted by Gasteiger charge is -2.37. The highest BCUT2D eigenvalue weighted by molar-refractivity contribution is 6.30. The van der Waals surface area contributed by atoms with Gasteiger partial charge in [0, 0.05) is 43.3 Å². The first kappa shape index (κ1) is 17.6. The molecule has 1 aromatic carbocycles. The Morgan fingerprint density at radius 3 is 2.71 bits per heavy atom. The van der Waals surface area contributed by atoms with Gasteiger partial charge in [-0.15, -0.1) is 0 Å². The summed E-state index contributed by atoms with van der Waals surface area (Å²) in [6.07, 6.45) is 4.52. The van der Waals surface area contributed by atoms with Gasteiger partial charge in [-0.1, -0.05) is 23.7 Å². The second-order valence-corrected chi connectivity index (χ2v) is 7.20. The Hall–Kier alpha value is -1.26. The van der Waals surface area contributed by atoms with E-state index in [2.05, 4.69) is 29.3 Å². The zero-order valence-corrected chi connectivity index (χ0v) is 15.3. The fourth-order valence-corrected chi connectivity index (χ4v) is 3.89. The van der Waals surface area contributed by atoms with Crippen molar-refractivity contribution in [2.75, 3.05) is 39.4 Å². The predicted octanol–water partition coefficient (Wildman–Crippen LogP) is 3.45. The van der Waals surface area contributed by atoms with E-state index < -0.39 is 0 Å². The highest BCUT2D eigenvalue weighted by atomic mass is 35.5. The molecule has 0 radical (unpaired) electrons. The molecular formula is C19H28ClN3O. The summed E-state index contributed by atoms with van der Waals surface area (Å²) >= 11 is 6.25. The first-order valence-corrected chi connectivity index (χ1v) is 9.48. The minimum atomic E-state index is 0.0313. The molecule has 0 saturated carbocycles. The van der Waals surface area contributed by atoms with Gasteiger partial charge in [0.25, 0.3) is 0 Å². The SMILES string of the molecule is CCNC(=NCC1(c2cccc(Cl)c2)CCOCC1)N1CCCC1. The van der Waals surface area contributed by atoms with Crippen LogP contribution in [0.3, 0.4) is 0 Å². The summed E-state index contributed by atoms with van der Waals surface area (Å²) in [4.78, 5) is 7.41. The molecule has 0 aromatic heterocycles. The molecule has 24 heavy (non-hydrogen) atoms. The summed E-state index contributed by atoms with van der Waals surface area (Å²) in [6.45, 7) is 7.63. The number of rotatable bonds is 4. The molecule has 1 aromatic rings. The normalized spacial score (nSPS) is 21.1. The Kier molecular flexibility index (Phi) is 6.01. The molecule has 0 amide bonds. The van der Waals surface area contributed by atoms with Gasteiger partial charge in [-0.05, 0) is 50.3 Å². The Labute approximate surface area is 150 Å². The van der Waals surface area contributed by atoms with Crippen LogP contribution in [0.15, 0.2) is 29.3 Å². The quantitative estimate of drug-likeness (QED) is 0.668. The van der Waals surface area contributed by atoms with Crippen LogP contribution in [0.1, 0.15) is 38.2 Å². The third-order valence-corrected chi connectivity index (χ3v) is 5.39. The number of halogens is 1. The third-order valence-electron chi connectivity index (χ3n) is 5.16. The summed E-state index contributed by atoms with van der Waals surface area (Å²) in [5.74, 6) is 1.06. The van der Waals surface area contributed by atoms with E-state index in [-0.39, 0.29) is 5.41 Å². The summed E-state index contributed by atoms with van der Waals surface area (Å²) < 4.78 is 5.62. The zero-order chi connectivity index (χ0) is 16.8. The highest BCUT2D eigenvalue weighted by Gasteiger charge is 2.35. The average molecular weight is 350 g/mol. The van der Waals surface area contributed by atoms with Crippen LogP contribution in [0.25, 0.3) is 0 Å². The maximum Gasteiger partial charge on any atom is 0.193 e. The molecule has 2 fully saturated rings. The lowest BCUT2D eigenvalue weighted by atomic mass is 9.74. The van der Waals surface area contributed by atoms with Crippen molar-refractivity contribution in [1.29, 1.82) is 0 Å². The number of nitrogens with one attached hydrogen (secondary N) is 1. The Balaban J connectivity index is 1.84. The predicted molar refractivity (Wildman–Crippen MR) is 100.0 cm³/mol. The number of ether oxygens (including phenoxy) is 1. The summed E-state index contributed by atoms with van der Waals surface area (Å²) in [7, 11) is 0. The van der Waals surface area contributed by atoms with Gasteiger partial charge in [-0.2, -0.15) is 0 Å². The molecular weight excluding hydrogens is 322 g/mol. The lowest BCUT2D eigenvalue weighted by molar-refractivity contribution is 0.0530. The van der Waals surface area contributed by atoms with Crippen LogP contribution in [-0.4, -0.2) is 50.3 Å². The van der Waals surface area contributed by atoms with Gasteiger partial charge in [-0.25, -0.2) is 0 Å². The smallest absolute Gasteiger partial charge is 0.193 e. The van der Waals surface area contributed by atoms with Crippen molar-refractivity contribution in [3.05, 3.63) is 34.9 Å². The van der Waals surface area contributed by atoms with Gasteiger partial charge >= 0.3 is 0 Å². The molecule has 132 valence electrons. The van der Waals surface area contributed by atoms with E-state index in [1.807, 2.05) is 12.1 Å². The maximum atomic E-state index is 6.25. The summed E-state index contributed by atoms with van der Waals surface area (Å²) in [5.41, 5.74) is 1.32. The Morgan fingerprint density at radius 1 is 1.29 bits per heavy atom. The second-order valence-electron chi connectivity index (χ2n) is 6.77. The highest BCUT2D eigenvalue weighted by Crippen LogP contribution is 2.36. The molecule has 0 atom stereocenters. The van der Waals surface area contributed by atoms with E-state index in [9.17, 15) is 0 Å². The van der Waals surface area contributed by atoms with Crippen molar-refractivity contribution in [1.82, 2.24) is 10.2 Å². The molecule has 5 heteroatoms. The molecule has 2 aliphatic heterocycles. The average Bonchev–Trinajstić information content (AvgIpc) is 3.14. The van der Waals surface area contributed by atoms with E-state index in [1.165, 1.54) is 18.4 Å². The lowest BCUT2D eigenvalue weighted by Crippen LogP contribution is -2.42. The number of nitrogens with zero attached hydrogens (tertiary/aromatic N) is 2. The molecule has 2 saturated heterocycles. The molecule has 0 aliphatic carbocycles. The van der Waals surface area contributed by atoms with Crippen molar-refractivity contribution >= 4 is 17.6 Å². The van der Waals surface area contributed by atoms with Gasteiger partial charge in [0.1, 0.15) is 0 Å². The number of hydrogen-bond acceptors (Lipinski definition) is 2. The van der Waals surface area contributed by atoms with Crippen LogP contribution < -0.4 is 5.32 Å². The van der Waals surface area contributed by atoms with E-state index >= 15 is 0 Å². The standard InChI is InChI=1S/C19H28ClN3O/c1-2-21-18(23-10-3-4-11-23)22-15-19(8-12-24-13-9-19)16-6-5-7-17(20)14-16/h5-7,14H,2-4,8-13,15H2,1H3,(H,21,22). The third kappa shape index (κ3) is 4.04. The zero-order valence-electron chi connectivity index (χ0n) is 14.6. The topological polar surface area (TPSA) is 36.9 Å². The van der Waals surface area contributed by atoms with Gasteiger partial charge in [0.05, 0.1) is 6.54 Å². The monoisotopic (exact) mass is 349 g/mol.